The lowest BCUT2D eigenvalue weighted by Crippen LogP contribution is -2.45. The second-order valence-corrected chi connectivity index (χ2v) is 15.6. The normalized spacial score (nSPS) is 22.9. The Morgan fingerprint density at radius 2 is 1.91 bits per heavy atom. The molecule has 1 saturated heterocycles. The molecule has 1 aliphatic rings. The van der Waals surface area contributed by atoms with E-state index in [1.165, 1.54) is 6.33 Å². The Balaban J connectivity index is 1.58. The highest BCUT2D eigenvalue weighted by atomic mass is 35.5. The van der Waals surface area contributed by atoms with Gasteiger partial charge < -0.3 is 24.4 Å². The summed E-state index contributed by atoms with van der Waals surface area (Å²) in [6.07, 6.45) is 1.17. The number of hydrogen-bond donors (Lipinski definition) is 1. The fraction of sp³-hybridized carbons (Fsp3) is 0.478. The summed E-state index contributed by atoms with van der Waals surface area (Å²) in [5.41, 5.74) is 6.95. The highest BCUT2D eigenvalue weighted by Crippen LogP contribution is 2.40. The number of rotatable bonds is 6. The van der Waals surface area contributed by atoms with Crippen molar-refractivity contribution < 1.29 is 18.6 Å². The molecule has 35 heavy (non-hydrogen) atoms. The lowest BCUT2D eigenvalue weighted by Gasteiger charge is -2.37. The number of ether oxygens (including phenoxy) is 3. The molecule has 0 spiro atoms. The molecule has 4 rings (SSSR count). The van der Waals surface area contributed by atoms with Gasteiger partial charge in [-0.25, -0.2) is 15.0 Å². The lowest BCUT2D eigenvalue weighted by atomic mass is 10.2. The molecular formula is C23H30ClN5O4SSi. The Morgan fingerprint density at radius 1 is 1.20 bits per heavy atom. The largest absolute Gasteiger partial charge is 0.449 e. The highest BCUT2D eigenvalue weighted by molar-refractivity contribution is 7.79. The van der Waals surface area contributed by atoms with Gasteiger partial charge in [-0.15, -0.1) is 11.6 Å². The lowest BCUT2D eigenvalue weighted by molar-refractivity contribution is -0.0400. The van der Waals surface area contributed by atoms with Crippen molar-refractivity contribution in [3.8, 4) is 5.75 Å². The molecule has 1 fully saturated rings. The van der Waals surface area contributed by atoms with Crippen LogP contribution in [0.4, 0.5) is 5.82 Å². The van der Waals surface area contributed by atoms with Crippen LogP contribution in [-0.4, -0.2) is 57.3 Å². The molecule has 3 aromatic rings. The predicted molar refractivity (Wildman–Crippen MR) is 141 cm³/mol. The molecule has 12 heteroatoms. The maximum absolute atomic E-state index is 6.92. The van der Waals surface area contributed by atoms with Gasteiger partial charge in [0.25, 0.3) is 0 Å². The molecule has 9 nitrogen and oxygen atoms in total. The number of nitrogens with two attached hydrogens (primary N) is 1. The Labute approximate surface area is 216 Å². The number of para-hydroxylation sites is 1. The van der Waals surface area contributed by atoms with E-state index in [9.17, 15) is 0 Å². The van der Waals surface area contributed by atoms with Crippen molar-refractivity contribution in [2.75, 3.05) is 12.3 Å². The van der Waals surface area contributed by atoms with Crippen LogP contribution in [0.1, 0.15) is 27.0 Å². The summed E-state index contributed by atoms with van der Waals surface area (Å²) in [5, 5.41) is -0.660. The highest BCUT2D eigenvalue weighted by Gasteiger charge is 2.49. The summed E-state index contributed by atoms with van der Waals surface area (Å²) >= 11 is 12.3. The van der Waals surface area contributed by atoms with Gasteiger partial charge >= 0.3 is 5.24 Å². The van der Waals surface area contributed by atoms with Crippen LogP contribution in [0.5, 0.6) is 5.75 Å². The van der Waals surface area contributed by atoms with E-state index in [0.29, 0.717) is 23.5 Å². The zero-order valence-corrected chi connectivity index (χ0v) is 22.9. The SMILES string of the molecule is CC(C)(C)[Si](C)(C)OC[C@H]1O[C@@H](n2cnc3c(N)ncnc32)[C@@H](Cl)[C@@H]1OC(=S)Oc1ccccc1. The van der Waals surface area contributed by atoms with Gasteiger partial charge in [0.05, 0.1) is 12.9 Å². The number of nitrogen functional groups attached to an aromatic ring is 1. The van der Waals surface area contributed by atoms with Crippen LogP contribution in [-0.2, 0) is 13.9 Å². The van der Waals surface area contributed by atoms with Crippen molar-refractivity contribution in [2.24, 2.45) is 0 Å². The van der Waals surface area contributed by atoms with Crippen LogP contribution in [0, 0.1) is 0 Å². The van der Waals surface area contributed by atoms with Gasteiger partial charge in [0.15, 0.2) is 32.1 Å². The number of anilines is 1. The summed E-state index contributed by atoms with van der Waals surface area (Å²) in [6, 6.07) is 9.18. The molecule has 0 radical (unpaired) electrons. The van der Waals surface area contributed by atoms with Gasteiger partial charge in [-0.3, -0.25) is 4.57 Å². The number of imidazole rings is 1. The first kappa shape index (κ1) is 25.8. The maximum Gasteiger partial charge on any atom is 0.358 e. The fourth-order valence-corrected chi connectivity index (χ4v) is 5.09. The zero-order valence-electron chi connectivity index (χ0n) is 20.3. The van der Waals surface area contributed by atoms with E-state index in [1.807, 2.05) is 18.2 Å². The van der Waals surface area contributed by atoms with E-state index in [1.54, 1.807) is 23.0 Å². The molecule has 2 N–H and O–H groups in total. The summed E-state index contributed by atoms with van der Waals surface area (Å²) in [6.45, 7) is 11.2. The van der Waals surface area contributed by atoms with Crippen LogP contribution in [0.15, 0.2) is 43.0 Å². The number of alkyl halides is 1. The Kier molecular flexibility index (Phi) is 7.35. The summed E-state index contributed by atoms with van der Waals surface area (Å²) in [7, 11) is -2.06. The van der Waals surface area contributed by atoms with Gasteiger partial charge in [-0.2, -0.15) is 0 Å². The fourth-order valence-electron chi connectivity index (χ4n) is 3.48. The third-order valence-corrected chi connectivity index (χ3v) is 11.7. The molecule has 2 aromatic heterocycles. The number of fused-ring (bicyclic) bond motifs is 1. The van der Waals surface area contributed by atoms with Crippen molar-refractivity contribution >= 4 is 54.4 Å². The molecule has 1 aliphatic heterocycles. The second-order valence-electron chi connectivity index (χ2n) is 9.91. The number of nitrogens with zero attached hydrogens (tertiary/aromatic N) is 4. The molecule has 0 bridgehead atoms. The molecule has 188 valence electrons. The minimum absolute atomic E-state index is 0.0302. The van der Waals surface area contributed by atoms with Gasteiger partial charge in [0.1, 0.15) is 29.1 Å². The number of aromatic nitrogens is 4. The molecule has 0 saturated carbocycles. The maximum atomic E-state index is 6.92. The standard InChI is InChI=1S/C23H30ClN5O4SSi/c1-23(2,3)35(4,5)30-11-15-18(33-22(34)31-14-9-7-6-8-10-14)16(24)21(32-15)29-13-28-17-19(25)26-12-27-20(17)29/h6-10,12-13,15-16,18,21H,11H2,1-5H3,(H2,25,26,27)/t15-,16+,18-,21-/m1/s1. The Morgan fingerprint density at radius 3 is 2.60 bits per heavy atom. The first-order valence-corrected chi connectivity index (χ1v) is 15.0. The van der Waals surface area contributed by atoms with E-state index in [2.05, 4.69) is 48.8 Å². The summed E-state index contributed by atoms with van der Waals surface area (Å²) < 4.78 is 26.3. The Hall–Kier alpha value is -2.31. The van der Waals surface area contributed by atoms with Gasteiger partial charge in [0.2, 0.25) is 0 Å². The molecule has 0 unspecified atom stereocenters. The van der Waals surface area contributed by atoms with E-state index in [4.69, 9.17) is 48.2 Å². The third kappa shape index (κ3) is 5.43. The van der Waals surface area contributed by atoms with E-state index in [0.717, 1.165) is 0 Å². The number of hydrogen-bond acceptors (Lipinski definition) is 9. The smallest absolute Gasteiger partial charge is 0.358 e. The average Bonchev–Trinajstić information content (AvgIpc) is 3.35. The van der Waals surface area contributed by atoms with Crippen molar-refractivity contribution in [2.45, 2.75) is 62.7 Å². The van der Waals surface area contributed by atoms with Crippen LogP contribution < -0.4 is 10.5 Å². The van der Waals surface area contributed by atoms with E-state index >= 15 is 0 Å². The van der Waals surface area contributed by atoms with Gasteiger partial charge in [0, 0.05) is 12.2 Å². The molecule has 0 amide bonds. The number of thiocarbonyl (C=S) groups is 1. The second kappa shape index (κ2) is 9.98. The van der Waals surface area contributed by atoms with Crippen LogP contribution in [0.2, 0.25) is 18.1 Å². The molecule has 4 atom stereocenters. The van der Waals surface area contributed by atoms with Crippen molar-refractivity contribution in [3.05, 3.63) is 43.0 Å². The van der Waals surface area contributed by atoms with Crippen molar-refractivity contribution in [1.82, 2.24) is 19.5 Å². The van der Waals surface area contributed by atoms with Crippen LogP contribution in [0.3, 0.4) is 0 Å². The summed E-state index contributed by atoms with van der Waals surface area (Å²) in [5.74, 6) is 0.849. The molecular weight excluding hydrogens is 506 g/mol. The Bertz CT molecular complexity index is 1190. The average molecular weight is 536 g/mol. The van der Waals surface area contributed by atoms with E-state index in [-0.39, 0.29) is 16.1 Å². The predicted octanol–water partition coefficient (Wildman–Crippen LogP) is 4.68. The van der Waals surface area contributed by atoms with E-state index < -0.39 is 32.1 Å². The molecule has 1 aromatic carbocycles. The van der Waals surface area contributed by atoms with Gasteiger partial charge in [-0.1, -0.05) is 39.0 Å². The van der Waals surface area contributed by atoms with Crippen molar-refractivity contribution in [1.29, 1.82) is 0 Å². The van der Waals surface area contributed by atoms with Gasteiger partial charge in [-0.05, 0) is 30.3 Å². The topological polar surface area (TPSA) is 107 Å². The quantitative estimate of drug-likeness (QED) is 0.273. The number of benzene rings is 1. The first-order valence-electron chi connectivity index (χ1n) is 11.3. The van der Waals surface area contributed by atoms with Crippen LogP contribution >= 0.6 is 23.8 Å². The summed E-state index contributed by atoms with van der Waals surface area (Å²) in [4.78, 5) is 12.7. The number of halogens is 1. The van der Waals surface area contributed by atoms with Crippen LogP contribution in [0.25, 0.3) is 11.2 Å². The minimum Gasteiger partial charge on any atom is -0.449 e. The molecule has 0 aliphatic carbocycles. The molecule has 3 heterocycles. The monoisotopic (exact) mass is 535 g/mol. The zero-order chi connectivity index (χ0) is 25.4. The van der Waals surface area contributed by atoms with Crippen molar-refractivity contribution in [3.63, 3.8) is 0 Å². The minimum atomic E-state index is -2.06. The third-order valence-electron chi connectivity index (χ3n) is 6.52. The first-order chi connectivity index (χ1) is 16.5.